The molecule has 5 heteroatoms. The second kappa shape index (κ2) is 9.57. The third kappa shape index (κ3) is 5.17. The largest absolute Gasteiger partial charge is 1.00 e. The Morgan fingerprint density at radius 3 is 1.60 bits per heavy atom. The lowest BCUT2D eigenvalue weighted by atomic mass is 10.1. The van der Waals surface area contributed by atoms with Gasteiger partial charge in [0.25, 0.3) is 6.33 Å². The predicted molar refractivity (Wildman–Crippen MR) is 118 cm³/mol. The van der Waals surface area contributed by atoms with Gasteiger partial charge in [0, 0.05) is 22.3 Å². The molecule has 0 saturated carbocycles. The topological polar surface area (TPSA) is 27.3 Å². The number of aromatic nitrogens is 2. The van der Waals surface area contributed by atoms with E-state index in [9.17, 15) is 0 Å². The number of halogens is 1. The molecule has 0 bridgehead atoms. The average Bonchev–Trinajstić information content (AvgIpc) is 3.01. The molecule has 0 radical (unpaired) electrons. The first-order valence-corrected chi connectivity index (χ1v) is 10.3. The van der Waals surface area contributed by atoms with Crippen LogP contribution in [0, 0.1) is 27.7 Å². The highest BCUT2D eigenvalue weighted by Crippen LogP contribution is 2.27. The van der Waals surface area contributed by atoms with E-state index >= 15 is 0 Å². The summed E-state index contributed by atoms with van der Waals surface area (Å²) in [6, 6.07) is 8.45. The van der Waals surface area contributed by atoms with Gasteiger partial charge in [0.1, 0.15) is 35.3 Å². The molecule has 0 aliphatic carbocycles. The van der Waals surface area contributed by atoms with E-state index in [1.807, 2.05) is 0 Å². The van der Waals surface area contributed by atoms with Crippen molar-refractivity contribution in [2.24, 2.45) is 0 Å². The highest BCUT2D eigenvalue weighted by atomic mass is 35.5. The van der Waals surface area contributed by atoms with Gasteiger partial charge in [-0.2, -0.15) is 0 Å². The maximum absolute atomic E-state index is 5.88. The summed E-state index contributed by atoms with van der Waals surface area (Å²) >= 11 is 0. The van der Waals surface area contributed by atoms with Crippen LogP contribution in [0.1, 0.15) is 49.9 Å². The minimum atomic E-state index is 0. The van der Waals surface area contributed by atoms with Gasteiger partial charge in [0.15, 0.2) is 0 Å². The van der Waals surface area contributed by atoms with Crippen LogP contribution in [0.15, 0.2) is 43.0 Å². The molecule has 0 spiro atoms. The fraction of sp³-hybridized carbons (Fsp3) is 0.400. The number of hydrogen-bond donors (Lipinski definition) is 0. The fourth-order valence-electron chi connectivity index (χ4n) is 3.95. The second-order valence-corrected chi connectivity index (χ2v) is 8.37. The minimum Gasteiger partial charge on any atom is -1.00 e. The van der Waals surface area contributed by atoms with Crippen molar-refractivity contribution in [3.8, 4) is 22.9 Å². The Morgan fingerprint density at radius 2 is 1.17 bits per heavy atom. The van der Waals surface area contributed by atoms with Crippen LogP contribution in [-0.4, -0.2) is 16.8 Å². The molecule has 0 unspecified atom stereocenters. The number of rotatable bonds is 6. The Hall–Kier alpha value is -2.46. The predicted octanol–water partition coefficient (Wildman–Crippen LogP) is 2.57. The van der Waals surface area contributed by atoms with E-state index < -0.39 is 0 Å². The van der Waals surface area contributed by atoms with Gasteiger partial charge in [-0.25, -0.2) is 9.13 Å². The Morgan fingerprint density at radius 1 is 0.733 bits per heavy atom. The van der Waals surface area contributed by atoms with Crippen LogP contribution in [0.2, 0.25) is 0 Å². The molecule has 0 aliphatic heterocycles. The maximum Gasteiger partial charge on any atom is 0.254 e. The lowest BCUT2D eigenvalue weighted by molar-refractivity contribution is -0.595. The van der Waals surface area contributed by atoms with Crippen molar-refractivity contribution in [2.75, 3.05) is 0 Å². The summed E-state index contributed by atoms with van der Waals surface area (Å²) in [7, 11) is 0. The van der Waals surface area contributed by atoms with Crippen molar-refractivity contribution in [1.82, 2.24) is 4.57 Å². The molecule has 0 saturated heterocycles. The summed E-state index contributed by atoms with van der Waals surface area (Å²) in [5.41, 5.74) is 7.15. The van der Waals surface area contributed by atoms with Gasteiger partial charge >= 0.3 is 0 Å². The third-order valence-electron chi connectivity index (χ3n) is 4.83. The van der Waals surface area contributed by atoms with Gasteiger partial charge in [-0.15, -0.1) is 0 Å². The molecule has 0 atom stereocenters. The van der Waals surface area contributed by atoms with Crippen molar-refractivity contribution in [1.29, 1.82) is 0 Å². The van der Waals surface area contributed by atoms with Crippen LogP contribution in [-0.2, 0) is 0 Å². The zero-order valence-corrected chi connectivity index (χ0v) is 20.0. The molecule has 1 aromatic heterocycles. The van der Waals surface area contributed by atoms with Crippen LogP contribution in [0.25, 0.3) is 11.4 Å². The van der Waals surface area contributed by atoms with Crippen LogP contribution in [0.5, 0.6) is 11.5 Å². The molecule has 162 valence electrons. The van der Waals surface area contributed by atoms with Gasteiger partial charge in [-0.05, 0) is 79.7 Å². The van der Waals surface area contributed by atoms with Gasteiger partial charge in [-0.3, -0.25) is 0 Å². The number of hydrogen-bond acceptors (Lipinski definition) is 2. The summed E-state index contributed by atoms with van der Waals surface area (Å²) in [5, 5.41) is 0. The Labute approximate surface area is 186 Å². The normalized spacial score (nSPS) is 11.0. The van der Waals surface area contributed by atoms with Crippen molar-refractivity contribution >= 4 is 0 Å². The van der Waals surface area contributed by atoms with Crippen LogP contribution in [0.4, 0.5) is 0 Å². The van der Waals surface area contributed by atoms with E-state index in [4.69, 9.17) is 9.47 Å². The van der Waals surface area contributed by atoms with Crippen LogP contribution >= 0.6 is 0 Å². The zero-order chi connectivity index (χ0) is 21.3. The molecule has 30 heavy (non-hydrogen) atoms. The van der Waals surface area contributed by atoms with Crippen molar-refractivity contribution in [2.45, 2.75) is 67.6 Å². The molecule has 2 aromatic carbocycles. The zero-order valence-electron chi connectivity index (χ0n) is 19.3. The van der Waals surface area contributed by atoms with Crippen LogP contribution < -0.4 is 26.4 Å². The van der Waals surface area contributed by atoms with E-state index in [0.717, 1.165) is 11.5 Å². The van der Waals surface area contributed by atoms with Gasteiger partial charge in [0.05, 0.1) is 12.2 Å². The summed E-state index contributed by atoms with van der Waals surface area (Å²) in [6.07, 6.45) is 6.69. The summed E-state index contributed by atoms with van der Waals surface area (Å²) in [5.74, 6) is 1.84. The number of aryl methyl sites for hydroxylation is 4. The minimum absolute atomic E-state index is 0. The molecule has 0 fully saturated rings. The highest BCUT2D eigenvalue weighted by molar-refractivity contribution is 5.51. The molecule has 4 nitrogen and oxygen atoms in total. The molecular weight excluding hydrogens is 396 g/mol. The molecule has 0 aliphatic rings. The Balaban J connectivity index is 0.00000320. The molecule has 0 amide bonds. The fourth-order valence-corrected chi connectivity index (χ4v) is 3.95. The second-order valence-electron chi connectivity index (χ2n) is 8.37. The van der Waals surface area contributed by atoms with E-state index in [1.54, 1.807) is 0 Å². The monoisotopic (exact) mass is 428 g/mol. The first-order chi connectivity index (χ1) is 13.7. The molecule has 0 N–H and O–H groups in total. The molecule has 1 heterocycles. The molecular formula is C25H33ClN2O2. The first-order valence-electron chi connectivity index (χ1n) is 10.3. The SMILES string of the molecule is Cc1cc(OC(C)C)cc(C)c1-n1cc[n+](-c2c(C)cc(OC(C)C)cc2C)c1.[Cl-]. The molecule has 3 aromatic rings. The standard InChI is InChI=1S/C25H33N2O2.ClH/c1-16(2)28-22-11-18(5)24(19(6)12-22)26-9-10-27(15-26)25-20(7)13-23(14-21(25)8)29-17(3)4;/h9-17H,1-8H3;1H/q+1;/p-1. The number of imidazole rings is 1. The summed E-state index contributed by atoms with van der Waals surface area (Å²) < 4.78 is 16.1. The van der Waals surface area contributed by atoms with Gasteiger partial charge in [-0.1, -0.05) is 0 Å². The van der Waals surface area contributed by atoms with Crippen molar-refractivity contribution in [3.63, 3.8) is 0 Å². The average molecular weight is 429 g/mol. The number of benzene rings is 2. The Bertz CT molecular complexity index is 896. The van der Waals surface area contributed by atoms with Gasteiger partial charge < -0.3 is 21.9 Å². The van der Waals surface area contributed by atoms with E-state index in [-0.39, 0.29) is 24.6 Å². The van der Waals surface area contributed by atoms with E-state index in [2.05, 4.69) is 108 Å². The summed E-state index contributed by atoms with van der Waals surface area (Å²) in [4.78, 5) is 0. The smallest absolute Gasteiger partial charge is 0.254 e. The van der Waals surface area contributed by atoms with Gasteiger partial charge in [0.2, 0.25) is 0 Å². The quantitative estimate of drug-likeness (QED) is 0.564. The van der Waals surface area contributed by atoms with Crippen LogP contribution in [0.3, 0.4) is 0 Å². The van der Waals surface area contributed by atoms with Crippen molar-refractivity contribution < 1.29 is 26.4 Å². The highest BCUT2D eigenvalue weighted by Gasteiger charge is 2.18. The third-order valence-corrected chi connectivity index (χ3v) is 4.83. The Kier molecular flexibility index (Phi) is 7.59. The van der Waals surface area contributed by atoms with Crippen molar-refractivity contribution in [3.05, 3.63) is 65.2 Å². The number of nitrogens with zero attached hydrogens (tertiary/aromatic N) is 2. The van der Waals surface area contributed by atoms with E-state index in [1.165, 1.54) is 33.6 Å². The lowest BCUT2D eigenvalue weighted by Gasteiger charge is -2.14. The maximum atomic E-state index is 5.88. The summed E-state index contributed by atoms with van der Waals surface area (Å²) in [6.45, 7) is 16.7. The first kappa shape index (κ1) is 23.8. The lowest BCUT2D eigenvalue weighted by Crippen LogP contribution is -3.00. The number of ether oxygens (including phenoxy) is 2. The molecule has 3 rings (SSSR count). The van der Waals surface area contributed by atoms with E-state index in [0.29, 0.717) is 0 Å².